The predicted octanol–water partition coefficient (Wildman–Crippen LogP) is 3.97. The van der Waals surface area contributed by atoms with E-state index in [9.17, 15) is 4.79 Å². The summed E-state index contributed by atoms with van der Waals surface area (Å²) in [6.45, 7) is 3.88. The van der Waals surface area contributed by atoms with Gasteiger partial charge in [0, 0.05) is 23.0 Å². The molecule has 4 rings (SSSR count). The van der Waals surface area contributed by atoms with E-state index < -0.39 is 5.41 Å². The molecule has 1 aromatic heterocycles. The summed E-state index contributed by atoms with van der Waals surface area (Å²) in [4.78, 5) is 20.0. The van der Waals surface area contributed by atoms with E-state index in [2.05, 4.69) is 21.4 Å². The first-order valence-electron chi connectivity index (χ1n) is 7.63. The van der Waals surface area contributed by atoms with Crippen LogP contribution in [0.1, 0.15) is 19.4 Å². The molecule has 2 heterocycles. The number of anilines is 1. The Morgan fingerprint density at radius 1 is 1.00 bits per heavy atom. The van der Waals surface area contributed by atoms with Crippen molar-refractivity contribution in [1.82, 2.24) is 9.97 Å². The van der Waals surface area contributed by atoms with Crippen molar-refractivity contribution in [3.63, 3.8) is 0 Å². The standard InChI is InChI=1S/C19H17N3O/c1-19(2)14-10-13(8-9-15(14)22-18(19)23)16-11-20-17(21-16)12-6-4-3-5-7-12/h3-11H,1-2H3,(H,20,21)(H,22,23). The van der Waals surface area contributed by atoms with E-state index >= 15 is 0 Å². The lowest BCUT2D eigenvalue weighted by atomic mass is 9.85. The van der Waals surface area contributed by atoms with E-state index in [-0.39, 0.29) is 5.91 Å². The Bertz CT molecular complexity index is 894. The van der Waals surface area contributed by atoms with Gasteiger partial charge < -0.3 is 10.3 Å². The summed E-state index contributed by atoms with van der Waals surface area (Å²) in [5.41, 5.74) is 4.33. The van der Waals surface area contributed by atoms with Gasteiger partial charge in [-0.15, -0.1) is 0 Å². The molecule has 1 aliphatic heterocycles. The van der Waals surface area contributed by atoms with Crippen LogP contribution in [0.15, 0.2) is 54.7 Å². The fourth-order valence-electron chi connectivity index (χ4n) is 2.94. The zero-order valence-corrected chi connectivity index (χ0v) is 13.1. The second kappa shape index (κ2) is 4.81. The van der Waals surface area contributed by atoms with Crippen LogP contribution in [0, 0.1) is 0 Å². The van der Waals surface area contributed by atoms with Gasteiger partial charge in [0.25, 0.3) is 0 Å². The Balaban J connectivity index is 1.75. The average molecular weight is 303 g/mol. The molecule has 1 aliphatic rings. The number of H-pyrrole nitrogens is 1. The highest BCUT2D eigenvalue weighted by atomic mass is 16.2. The van der Waals surface area contributed by atoms with Gasteiger partial charge in [0.05, 0.1) is 11.1 Å². The minimum Gasteiger partial charge on any atom is -0.344 e. The number of hydrogen-bond acceptors (Lipinski definition) is 2. The topological polar surface area (TPSA) is 57.8 Å². The Kier molecular flexibility index (Phi) is 2.88. The number of fused-ring (bicyclic) bond motifs is 1. The van der Waals surface area contributed by atoms with Gasteiger partial charge in [-0.2, -0.15) is 0 Å². The molecule has 0 spiro atoms. The lowest BCUT2D eigenvalue weighted by Gasteiger charge is -2.15. The molecule has 0 bridgehead atoms. The molecular formula is C19H17N3O. The van der Waals surface area contributed by atoms with Crippen LogP contribution in [0.25, 0.3) is 22.6 Å². The molecule has 4 heteroatoms. The third-order valence-electron chi connectivity index (χ3n) is 4.43. The number of carbonyl (C=O) groups excluding carboxylic acids is 1. The van der Waals surface area contributed by atoms with Crippen molar-refractivity contribution in [1.29, 1.82) is 0 Å². The number of imidazole rings is 1. The summed E-state index contributed by atoms with van der Waals surface area (Å²) >= 11 is 0. The highest BCUT2D eigenvalue weighted by Crippen LogP contribution is 2.39. The fraction of sp³-hybridized carbons (Fsp3) is 0.158. The minimum absolute atomic E-state index is 0.0386. The Morgan fingerprint density at radius 3 is 2.57 bits per heavy atom. The quantitative estimate of drug-likeness (QED) is 0.752. The van der Waals surface area contributed by atoms with E-state index in [0.29, 0.717) is 0 Å². The summed E-state index contributed by atoms with van der Waals surface area (Å²) in [6, 6.07) is 16.0. The van der Waals surface area contributed by atoms with Crippen LogP contribution in [0.4, 0.5) is 5.69 Å². The Hall–Kier alpha value is -2.88. The molecule has 3 aromatic rings. The van der Waals surface area contributed by atoms with Gasteiger partial charge in [0.15, 0.2) is 0 Å². The number of aromatic amines is 1. The van der Waals surface area contributed by atoms with E-state index in [0.717, 1.165) is 33.9 Å². The molecule has 0 aliphatic carbocycles. The summed E-state index contributed by atoms with van der Waals surface area (Å²) in [6.07, 6.45) is 1.90. The van der Waals surface area contributed by atoms with Gasteiger partial charge in [-0.3, -0.25) is 4.79 Å². The highest BCUT2D eigenvalue weighted by molar-refractivity contribution is 6.06. The lowest BCUT2D eigenvalue weighted by Crippen LogP contribution is -2.26. The lowest BCUT2D eigenvalue weighted by molar-refractivity contribution is -0.119. The first-order chi connectivity index (χ1) is 11.1. The maximum absolute atomic E-state index is 12.1. The smallest absolute Gasteiger partial charge is 0.234 e. The monoisotopic (exact) mass is 303 g/mol. The van der Waals surface area contributed by atoms with Gasteiger partial charge in [-0.1, -0.05) is 36.4 Å². The number of aromatic nitrogens is 2. The summed E-state index contributed by atoms with van der Waals surface area (Å²) in [7, 11) is 0. The molecule has 0 radical (unpaired) electrons. The summed E-state index contributed by atoms with van der Waals surface area (Å²) in [5, 5.41) is 2.93. The number of carbonyl (C=O) groups is 1. The molecule has 0 saturated heterocycles. The minimum atomic E-state index is -0.510. The second-order valence-corrected chi connectivity index (χ2v) is 6.34. The van der Waals surface area contributed by atoms with E-state index in [1.165, 1.54) is 0 Å². The number of hydrogen-bond donors (Lipinski definition) is 2. The third kappa shape index (κ3) is 2.14. The first-order valence-corrected chi connectivity index (χ1v) is 7.63. The predicted molar refractivity (Wildman–Crippen MR) is 91.1 cm³/mol. The molecule has 0 fully saturated rings. The second-order valence-electron chi connectivity index (χ2n) is 6.34. The maximum atomic E-state index is 12.1. The molecule has 114 valence electrons. The van der Waals surface area contributed by atoms with Crippen LogP contribution < -0.4 is 5.32 Å². The number of nitrogens with one attached hydrogen (secondary N) is 2. The SMILES string of the molecule is CC1(C)C(=O)Nc2ccc(-c3c[nH]c(-c4ccccc4)n3)cc21. The number of rotatable bonds is 2. The number of nitrogens with zero attached hydrogens (tertiary/aromatic N) is 1. The van der Waals surface area contributed by atoms with Crippen LogP contribution in [0.2, 0.25) is 0 Å². The Morgan fingerprint density at radius 2 is 1.78 bits per heavy atom. The molecule has 0 unspecified atom stereocenters. The van der Waals surface area contributed by atoms with Crippen molar-refractivity contribution in [2.24, 2.45) is 0 Å². The largest absolute Gasteiger partial charge is 0.344 e. The van der Waals surface area contributed by atoms with Crippen LogP contribution in [0.5, 0.6) is 0 Å². The van der Waals surface area contributed by atoms with Gasteiger partial charge >= 0.3 is 0 Å². The van der Waals surface area contributed by atoms with Crippen LogP contribution in [0.3, 0.4) is 0 Å². The van der Waals surface area contributed by atoms with Crippen molar-refractivity contribution in [2.45, 2.75) is 19.3 Å². The molecule has 2 aromatic carbocycles. The molecule has 0 atom stereocenters. The average Bonchev–Trinajstić information content (AvgIpc) is 3.13. The number of benzene rings is 2. The molecule has 2 N–H and O–H groups in total. The van der Waals surface area contributed by atoms with Gasteiger partial charge in [-0.05, 0) is 31.5 Å². The van der Waals surface area contributed by atoms with Crippen molar-refractivity contribution in [3.05, 3.63) is 60.3 Å². The normalized spacial score (nSPS) is 15.3. The molecular weight excluding hydrogens is 286 g/mol. The van der Waals surface area contributed by atoms with Crippen molar-refractivity contribution in [3.8, 4) is 22.6 Å². The van der Waals surface area contributed by atoms with Crippen LogP contribution in [-0.4, -0.2) is 15.9 Å². The van der Waals surface area contributed by atoms with Crippen LogP contribution in [-0.2, 0) is 10.2 Å². The van der Waals surface area contributed by atoms with Gasteiger partial charge in [0.2, 0.25) is 5.91 Å². The van der Waals surface area contributed by atoms with E-state index in [1.807, 2.05) is 62.5 Å². The summed E-state index contributed by atoms with van der Waals surface area (Å²) < 4.78 is 0. The fourth-order valence-corrected chi connectivity index (χ4v) is 2.94. The molecule has 4 nitrogen and oxygen atoms in total. The zero-order chi connectivity index (χ0) is 16.0. The molecule has 1 amide bonds. The number of amides is 1. The molecule has 0 saturated carbocycles. The summed E-state index contributed by atoms with van der Waals surface area (Å²) in [5.74, 6) is 0.881. The van der Waals surface area contributed by atoms with Crippen molar-refractivity contribution < 1.29 is 4.79 Å². The van der Waals surface area contributed by atoms with E-state index in [4.69, 9.17) is 0 Å². The van der Waals surface area contributed by atoms with Gasteiger partial charge in [0.1, 0.15) is 5.82 Å². The maximum Gasteiger partial charge on any atom is 0.234 e. The van der Waals surface area contributed by atoms with Crippen LogP contribution >= 0.6 is 0 Å². The third-order valence-corrected chi connectivity index (χ3v) is 4.43. The van der Waals surface area contributed by atoms with Gasteiger partial charge in [-0.25, -0.2) is 4.98 Å². The highest BCUT2D eigenvalue weighted by Gasteiger charge is 2.38. The Labute approximate surface area is 134 Å². The molecule has 23 heavy (non-hydrogen) atoms. The van der Waals surface area contributed by atoms with Crippen molar-refractivity contribution in [2.75, 3.05) is 5.32 Å². The first kappa shape index (κ1) is 13.8. The zero-order valence-electron chi connectivity index (χ0n) is 13.1. The van der Waals surface area contributed by atoms with Crippen molar-refractivity contribution >= 4 is 11.6 Å². The van der Waals surface area contributed by atoms with E-state index in [1.54, 1.807) is 0 Å².